The second-order valence-electron chi connectivity index (χ2n) is 7.70. The highest BCUT2D eigenvalue weighted by molar-refractivity contribution is 5.97. The van der Waals surface area contributed by atoms with Crippen LogP contribution in [0, 0.1) is 17.8 Å². The summed E-state index contributed by atoms with van der Waals surface area (Å²) in [5, 5.41) is 4.87. The quantitative estimate of drug-likeness (QED) is 0.242. The molecule has 0 radical (unpaired) electrons. The van der Waals surface area contributed by atoms with Gasteiger partial charge >= 0.3 is 18.0 Å². The van der Waals surface area contributed by atoms with E-state index in [1.807, 2.05) is 6.07 Å². The summed E-state index contributed by atoms with van der Waals surface area (Å²) < 4.78 is 14.4. The minimum Gasteiger partial charge on any atom is -0.468 e. The maximum atomic E-state index is 12.9. The number of esters is 2. The van der Waals surface area contributed by atoms with Crippen molar-refractivity contribution < 1.29 is 38.2 Å². The molecule has 0 aromatic heterocycles. The Labute approximate surface area is 192 Å². The highest BCUT2D eigenvalue weighted by Crippen LogP contribution is 2.20. The van der Waals surface area contributed by atoms with Crippen LogP contribution in [0.2, 0.25) is 0 Å². The van der Waals surface area contributed by atoms with Crippen LogP contribution in [0.25, 0.3) is 0 Å². The summed E-state index contributed by atoms with van der Waals surface area (Å²) in [5.74, 6) is -6.61. The molecule has 3 amide bonds. The lowest BCUT2D eigenvalue weighted by Gasteiger charge is -2.29. The number of alkyl carbamates (subject to hydrolysis) is 1. The number of primary amides is 1. The van der Waals surface area contributed by atoms with Crippen LogP contribution in [0.1, 0.15) is 26.3 Å². The van der Waals surface area contributed by atoms with E-state index in [0.717, 1.165) is 19.8 Å². The Morgan fingerprint density at radius 3 is 1.88 bits per heavy atom. The minimum atomic E-state index is -1.50. The molecular weight excluding hydrogens is 434 g/mol. The van der Waals surface area contributed by atoms with Crippen molar-refractivity contribution in [2.75, 3.05) is 14.2 Å². The van der Waals surface area contributed by atoms with Gasteiger partial charge < -0.3 is 30.6 Å². The fourth-order valence-electron chi connectivity index (χ4n) is 3.10. The number of nitrogens with one attached hydrogen (secondary N) is 2. The molecule has 0 saturated carbocycles. The first-order valence-corrected chi connectivity index (χ1v) is 10.3. The first kappa shape index (κ1) is 27.4. The fourth-order valence-corrected chi connectivity index (χ4v) is 3.10. The van der Waals surface area contributed by atoms with Crippen LogP contribution in [0.5, 0.6) is 0 Å². The van der Waals surface area contributed by atoms with E-state index in [-0.39, 0.29) is 6.61 Å². The van der Waals surface area contributed by atoms with E-state index >= 15 is 0 Å². The van der Waals surface area contributed by atoms with E-state index in [9.17, 15) is 24.0 Å². The third-order valence-electron chi connectivity index (χ3n) is 5.00. The Hall–Kier alpha value is -3.63. The number of carbonyl (C=O) groups is 5. The predicted molar refractivity (Wildman–Crippen MR) is 116 cm³/mol. The molecule has 0 aliphatic heterocycles. The van der Waals surface area contributed by atoms with Crippen LogP contribution in [-0.4, -0.2) is 56.1 Å². The second kappa shape index (κ2) is 13.0. The van der Waals surface area contributed by atoms with Crippen LogP contribution in [-0.2, 0) is 40.0 Å². The van der Waals surface area contributed by atoms with Gasteiger partial charge in [-0.25, -0.2) is 4.79 Å². The lowest BCUT2D eigenvalue weighted by Crippen LogP contribution is -2.58. The molecule has 1 aromatic carbocycles. The van der Waals surface area contributed by atoms with Crippen LogP contribution < -0.4 is 16.4 Å². The van der Waals surface area contributed by atoms with Crippen molar-refractivity contribution in [1.82, 2.24) is 10.6 Å². The summed E-state index contributed by atoms with van der Waals surface area (Å²) in [7, 11) is 2.14. The molecule has 11 heteroatoms. The minimum absolute atomic E-state index is 0.00000867. The molecule has 1 aromatic rings. The number of hydrogen-bond acceptors (Lipinski definition) is 8. The molecule has 0 aliphatic rings. The summed E-state index contributed by atoms with van der Waals surface area (Å²) in [6, 6.07) is 6.45. The summed E-state index contributed by atoms with van der Waals surface area (Å²) in [4.78, 5) is 61.4. The van der Waals surface area contributed by atoms with Gasteiger partial charge in [-0.15, -0.1) is 0 Å². The SMILES string of the molecule is COC(=O)C(C(=O)OC)[C@@H](C)[C@H](NC(=O)[C@H](NC(=O)OCc1ccccc1)C(C)C)C(N)=O. The Balaban J connectivity index is 2.93. The molecule has 11 nitrogen and oxygen atoms in total. The molecule has 0 aliphatic carbocycles. The molecule has 3 atom stereocenters. The molecule has 33 heavy (non-hydrogen) atoms. The number of amides is 3. The molecule has 182 valence electrons. The van der Waals surface area contributed by atoms with Gasteiger partial charge in [0, 0.05) is 5.92 Å². The van der Waals surface area contributed by atoms with Crippen molar-refractivity contribution in [3.05, 3.63) is 35.9 Å². The van der Waals surface area contributed by atoms with Gasteiger partial charge in [0.2, 0.25) is 11.8 Å². The maximum absolute atomic E-state index is 12.9. The number of nitrogens with two attached hydrogens (primary N) is 1. The Bertz CT molecular complexity index is 827. The van der Waals surface area contributed by atoms with Crippen molar-refractivity contribution >= 4 is 29.8 Å². The molecule has 1 rings (SSSR count). The van der Waals surface area contributed by atoms with Crippen LogP contribution in [0.4, 0.5) is 4.79 Å². The predicted octanol–water partition coefficient (Wildman–Crippen LogP) is 0.506. The van der Waals surface area contributed by atoms with E-state index < -0.39 is 59.7 Å². The largest absolute Gasteiger partial charge is 0.468 e. The number of rotatable bonds is 11. The fraction of sp³-hybridized carbons (Fsp3) is 0.500. The molecule has 0 heterocycles. The molecule has 0 spiro atoms. The smallest absolute Gasteiger partial charge is 0.408 e. The summed E-state index contributed by atoms with van der Waals surface area (Å²) in [6.07, 6.45) is -0.835. The Morgan fingerprint density at radius 1 is 0.879 bits per heavy atom. The van der Waals surface area contributed by atoms with Crippen molar-refractivity contribution in [3.63, 3.8) is 0 Å². The molecule has 0 saturated heterocycles. The summed E-state index contributed by atoms with van der Waals surface area (Å²) >= 11 is 0. The third kappa shape index (κ3) is 8.09. The molecule has 4 N–H and O–H groups in total. The highest BCUT2D eigenvalue weighted by atomic mass is 16.6. The van der Waals surface area contributed by atoms with Gasteiger partial charge in [-0.05, 0) is 11.5 Å². The van der Waals surface area contributed by atoms with E-state index in [2.05, 4.69) is 20.1 Å². The summed E-state index contributed by atoms with van der Waals surface area (Å²) in [6.45, 7) is 4.73. The van der Waals surface area contributed by atoms with E-state index in [1.165, 1.54) is 6.92 Å². The van der Waals surface area contributed by atoms with E-state index in [0.29, 0.717) is 0 Å². The first-order chi connectivity index (χ1) is 15.5. The Kier molecular flexibility index (Phi) is 10.8. The van der Waals surface area contributed by atoms with Crippen molar-refractivity contribution in [2.45, 2.75) is 39.5 Å². The van der Waals surface area contributed by atoms with Gasteiger partial charge in [0.1, 0.15) is 18.7 Å². The third-order valence-corrected chi connectivity index (χ3v) is 5.00. The van der Waals surface area contributed by atoms with Crippen molar-refractivity contribution in [3.8, 4) is 0 Å². The topological polar surface area (TPSA) is 163 Å². The van der Waals surface area contributed by atoms with E-state index in [4.69, 9.17) is 10.5 Å². The van der Waals surface area contributed by atoms with E-state index in [1.54, 1.807) is 38.1 Å². The normalized spacial score (nSPS) is 13.4. The molecule has 0 fully saturated rings. The standard InChI is InChI=1S/C22H31N3O8/c1-12(2)16(25-22(30)33-11-14-9-7-6-8-10-14)19(27)24-17(18(23)26)13(3)15(20(28)31-4)21(29)32-5/h6-10,12-13,15-17H,11H2,1-5H3,(H2,23,26)(H,24,27)(H,25,30)/t13-,16-,17+/m1/s1. The molecule has 0 unspecified atom stereocenters. The van der Waals surface area contributed by atoms with Crippen molar-refractivity contribution in [1.29, 1.82) is 0 Å². The van der Waals surface area contributed by atoms with Gasteiger partial charge in [0.15, 0.2) is 5.92 Å². The van der Waals surface area contributed by atoms with Gasteiger partial charge in [-0.1, -0.05) is 51.1 Å². The molecular formula is C22H31N3O8. The average molecular weight is 466 g/mol. The summed E-state index contributed by atoms with van der Waals surface area (Å²) in [5.41, 5.74) is 6.19. The van der Waals surface area contributed by atoms with Crippen molar-refractivity contribution in [2.24, 2.45) is 23.5 Å². The van der Waals surface area contributed by atoms with Gasteiger partial charge in [0.25, 0.3) is 0 Å². The number of methoxy groups -OCH3 is 2. The lowest BCUT2D eigenvalue weighted by molar-refractivity contribution is -0.162. The Morgan fingerprint density at radius 2 is 1.42 bits per heavy atom. The van der Waals surface area contributed by atoms with Crippen LogP contribution >= 0.6 is 0 Å². The zero-order valence-corrected chi connectivity index (χ0v) is 19.3. The first-order valence-electron chi connectivity index (χ1n) is 10.3. The monoisotopic (exact) mass is 465 g/mol. The average Bonchev–Trinajstić information content (AvgIpc) is 2.79. The zero-order valence-electron chi connectivity index (χ0n) is 19.3. The number of hydrogen-bond donors (Lipinski definition) is 3. The van der Waals surface area contributed by atoms with Crippen LogP contribution in [0.15, 0.2) is 30.3 Å². The lowest BCUT2D eigenvalue weighted by atomic mass is 9.86. The van der Waals surface area contributed by atoms with Gasteiger partial charge in [-0.3, -0.25) is 19.2 Å². The van der Waals surface area contributed by atoms with Gasteiger partial charge in [0.05, 0.1) is 14.2 Å². The second-order valence-corrected chi connectivity index (χ2v) is 7.70. The van der Waals surface area contributed by atoms with Crippen LogP contribution in [0.3, 0.4) is 0 Å². The van der Waals surface area contributed by atoms with Gasteiger partial charge in [-0.2, -0.15) is 0 Å². The zero-order chi connectivity index (χ0) is 25.1. The highest BCUT2D eigenvalue weighted by Gasteiger charge is 2.42. The maximum Gasteiger partial charge on any atom is 0.408 e. The number of ether oxygens (including phenoxy) is 3. The number of carbonyl (C=O) groups excluding carboxylic acids is 5. The molecule has 0 bridgehead atoms. The number of benzene rings is 1.